The molecule has 0 aliphatic heterocycles. The van der Waals surface area contributed by atoms with Crippen LogP contribution in [-0.4, -0.2) is 19.3 Å². The molecular weight excluding hydrogens is 351 g/mol. The minimum atomic E-state index is -0.261. The standard InChI is InChI=1S/C23H17FN4/c1-16-6-9-19(27-15-25-21-4-2-3-5-23(21)27)14-20(16)22-12-13-26-28(22)18-10-7-17(24)8-11-18/h2-15H,1H3. The third-order valence-electron chi connectivity index (χ3n) is 4.94. The largest absolute Gasteiger partial charge is 0.299 e. The Balaban J connectivity index is 1.65. The third-order valence-corrected chi connectivity index (χ3v) is 4.94. The fourth-order valence-electron chi connectivity index (χ4n) is 3.50. The summed E-state index contributed by atoms with van der Waals surface area (Å²) in [6.07, 6.45) is 3.60. The molecule has 28 heavy (non-hydrogen) atoms. The summed E-state index contributed by atoms with van der Waals surface area (Å²) in [4.78, 5) is 4.49. The molecule has 136 valence electrons. The van der Waals surface area contributed by atoms with Gasteiger partial charge in [0.25, 0.3) is 0 Å². The van der Waals surface area contributed by atoms with E-state index in [-0.39, 0.29) is 5.82 Å². The van der Waals surface area contributed by atoms with Crippen LogP contribution in [-0.2, 0) is 0 Å². The predicted molar refractivity (Wildman–Crippen MR) is 108 cm³/mol. The summed E-state index contributed by atoms with van der Waals surface area (Å²) in [7, 11) is 0. The number of para-hydroxylation sites is 2. The molecule has 0 spiro atoms. The molecule has 0 saturated carbocycles. The van der Waals surface area contributed by atoms with Gasteiger partial charge in [0, 0.05) is 11.3 Å². The van der Waals surface area contributed by atoms with E-state index in [9.17, 15) is 4.39 Å². The number of benzene rings is 3. The van der Waals surface area contributed by atoms with Gasteiger partial charge in [0.1, 0.15) is 12.1 Å². The van der Waals surface area contributed by atoms with Crippen molar-refractivity contribution in [2.24, 2.45) is 0 Å². The Morgan fingerprint density at radius 1 is 0.857 bits per heavy atom. The Kier molecular flexibility index (Phi) is 3.79. The van der Waals surface area contributed by atoms with Gasteiger partial charge in [-0.15, -0.1) is 0 Å². The summed E-state index contributed by atoms with van der Waals surface area (Å²) >= 11 is 0. The Morgan fingerprint density at radius 3 is 2.50 bits per heavy atom. The van der Waals surface area contributed by atoms with Crippen LogP contribution in [0.25, 0.3) is 33.7 Å². The SMILES string of the molecule is Cc1ccc(-n2cnc3ccccc32)cc1-c1ccnn1-c1ccc(F)cc1. The summed E-state index contributed by atoms with van der Waals surface area (Å²) in [6, 6.07) is 22.7. The number of rotatable bonds is 3. The number of nitrogens with zero attached hydrogens (tertiary/aromatic N) is 4. The molecule has 4 nitrogen and oxygen atoms in total. The van der Waals surface area contributed by atoms with Gasteiger partial charge in [-0.3, -0.25) is 4.57 Å². The van der Waals surface area contributed by atoms with Crippen molar-refractivity contribution in [2.75, 3.05) is 0 Å². The monoisotopic (exact) mass is 368 g/mol. The maximum Gasteiger partial charge on any atom is 0.123 e. The Hall–Kier alpha value is -3.73. The topological polar surface area (TPSA) is 35.6 Å². The fraction of sp³-hybridized carbons (Fsp3) is 0.0435. The fourth-order valence-corrected chi connectivity index (χ4v) is 3.50. The maximum atomic E-state index is 13.3. The molecule has 3 aromatic carbocycles. The lowest BCUT2D eigenvalue weighted by atomic mass is 10.0. The minimum Gasteiger partial charge on any atom is -0.299 e. The number of hydrogen-bond donors (Lipinski definition) is 0. The summed E-state index contributed by atoms with van der Waals surface area (Å²) in [5.41, 5.74) is 7.02. The van der Waals surface area contributed by atoms with Gasteiger partial charge < -0.3 is 0 Å². The second kappa shape index (κ2) is 6.46. The highest BCUT2D eigenvalue weighted by Gasteiger charge is 2.12. The second-order valence-electron chi connectivity index (χ2n) is 6.71. The molecular formula is C23H17FN4. The normalized spacial score (nSPS) is 11.2. The van der Waals surface area contributed by atoms with E-state index in [2.05, 4.69) is 45.8 Å². The first kappa shape index (κ1) is 16.4. The lowest BCUT2D eigenvalue weighted by molar-refractivity contribution is 0.627. The number of imidazole rings is 1. The highest BCUT2D eigenvalue weighted by atomic mass is 19.1. The van der Waals surface area contributed by atoms with Crippen molar-refractivity contribution < 1.29 is 4.39 Å². The van der Waals surface area contributed by atoms with Crippen molar-refractivity contribution in [1.82, 2.24) is 19.3 Å². The summed E-state index contributed by atoms with van der Waals surface area (Å²) < 4.78 is 17.2. The predicted octanol–water partition coefficient (Wildman–Crippen LogP) is 5.33. The molecule has 0 amide bonds. The van der Waals surface area contributed by atoms with Crippen LogP contribution in [0.1, 0.15) is 5.56 Å². The van der Waals surface area contributed by atoms with Crippen molar-refractivity contribution in [1.29, 1.82) is 0 Å². The van der Waals surface area contributed by atoms with Crippen LogP contribution in [0.2, 0.25) is 0 Å². The number of fused-ring (bicyclic) bond motifs is 1. The molecule has 0 unspecified atom stereocenters. The summed E-state index contributed by atoms with van der Waals surface area (Å²) in [5.74, 6) is -0.261. The molecule has 0 N–H and O–H groups in total. The maximum absolute atomic E-state index is 13.3. The van der Waals surface area contributed by atoms with Crippen LogP contribution in [0.5, 0.6) is 0 Å². The third kappa shape index (κ3) is 2.68. The Morgan fingerprint density at radius 2 is 1.64 bits per heavy atom. The van der Waals surface area contributed by atoms with E-state index in [0.29, 0.717) is 0 Å². The van der Waals surface area contributed by atoms with Gasteiger partial charge in [-0.25, -0.2) is 14.1 Å². The Labute approximate surface area is 161 Å². The van der Waals surface area contributed by atoms with E-state index in [0.717, 1.165) is 39.2 Å². The molecule has 0 radical (unpaired) electrons. The van der Waals surface area contributed by atoms with Gasteiger partial charge in [0.05, 0.1) is 28.6 Å². The van der Waals surface area contributed by atoms with Gasteiger partial charge in [0.15, 0.2) is 0 Å². The van der Waals surface area contributed by atoms with Gasteiger partial charge in [-0.1, -0.05) is 18.2 Å². The van der Waals surface area contributed by atoms with Crippen molar-refractivity contribution in [3.05, 3.63) is 96.7 Å². The van der Waals surface area contributed by atoms with Gasteiger partial charge in [0.2, 0.25) is 0 Å². The zero-order valence-electron chi connectivity index (χ0n) is 15.2. The molecule has 5 heteroatoms. The van der Waals surface area contributed by atoms with Gasteiger partial charge in [-0.2, -0.15) is 5.10 Å². The van der Waals surface area contributed by atoms with E-state index < -0.39 is 0 Å². The van der Waals surface area contributed by atoms with Crippen molar-refractivity contribution in [3.8, 4) is 22.6 Å². The molecule has 2 aromatic heterocycles. The number of aryl methyl sites for hydroxylation is 1. The van der Waals surface area contributed by atoms with E-state index in [1.54, 1.807) is 18.3 Å². The molecule has 0 atom stereocenters. The second-order valence-corrected chi connectivity index (χ2v) is 6.71. The lowest BCUT2D eigenvalue weighted by Gasteiger charge is -2.13. The van der Waals surface area contributed by atoms with E-state index in [1.165, 1.54) is 12.1 Å². The van der Waals surface area contributed by atoms with E-state index in [1.807, 2.05) is 35.3 Å². The van der Waals surface area contributed by atoms with Crippen LogP contribution in [0.3, 0.4) is 0 Å². The van der Waals surface area contributed by atoms with Crippen LogP contribution >= 0.6 is 0 Å². The number of aromatic nitrogens is 4. The molecule has 0 aliphatic carbocycles. The van der Waals surface area contributed by atoms with Crippen LogP contribution in [0.4, 0.5) is 4.39 Å². The van der Waals surface area contributed by atoms with Gasteiger partial charge in [-0.05, 0) is 67.1 Å². The minimum absolute atomic E-state index is 0.261. The molecule has 0 aliphatic rings. The number of halogens is 1. The van der Waals surface area contributed by atoms with Crippen molar-refractivity contribution in [2.45, 2.75) is 6.92 Å². The Bertz CT molecular complexity index is 1280. The quantitative estimate of drug-likeness (QED) is 0.432. The lowest BCUT2D eigenvalue weighted by Crippen LogP contribution is -2.01. The smallest absolute Gasteiger partial charge is 0.123 e. The zero-order chi connectivity index (χ0) is 19.1. The first-order valence-electron chi connectivity index (χ1n) is 9.04. The molecule has 5 rings (SSSR count). The highest BCUT2D eigenvalue weighted by Crippen LogP contribution is 2.29. The van der Waals surface area contributed by atoms with Gasteiger partial charge >= 0.3 is 0 Å². The molecule has 0 saturated heterocycles. The van der Waals surface area contributed by atoms with E-state index >= 15 is 0 Å². The molecule has 5 aromatic rings. The highest BCUT2D eigenvalue weighted by molar-refractivity contribution is 5.78. The first-order chi connectivity index (χ1) is 13.7. The average molecular weight is 368 g/mol. The van der Waals surface area contributed by atoms with Crippen LogP contribution in [0.15, 0.2) is 85.3 Å². The number of hydrogen-bond acceptors (Lipinski definition) is 2. The summed E-state index contributed by atoms with van der Waals surface area (Å²) in [5, 5.41) is 4.45. The van der Waals surface area contributed by atoms with Crippen LogP contribution in [0, 0.1) is 12.7 Å². The summed E-state index contributed by atoms with van der Waals surface area (Å²) in [6.45, 7) is 2.08. The van der Waals surface area contributed by atoms with Crippen molar-refractivity contribution >= 4 is 11.0 Å². The first-order valence-corrected chi connectivity index (χ1v) is 9.04. The zero-order valence-corrected chi connectivity index (χ0v) is 15.2. The molecule has 0 fully saturated rings. The van der Waals surface area contributed by atoms with Crippen LogP contribution < -0.4 is 0 Å². The molecule has 2 heterocycles. The van der Waals surface area contributed by atoms with Crippen molar-refractivity contribution in [3.63, 3.8) is 0 Å². The molecule has 0 bridgehead atoms. The average Bonchev–Trinajstić information content (AvgIpc) is 3.36. The van der Waals surface area contributed by atoms with E-state index in [4.69, 9.17) is 0 Å².